The highest BCUT2D eigenvalue weighted by atomic mass is 16.1. The van der Waals surface area contributed by atoms with Crippen LogP contribution in [0.4, 0.5) is 0 Å². The number of carbonyl (C=O) groups excluding carboxylic acids is 1. The van der Waals surface area contributed by atoms with Crippen LogP contribution in [0.2, 0.25) is 0 Å². The molecular weight excluding hydrogens is 164 g/mol. The summed E-state index contributed by atoms with van der Waals surface area (Å²) < 4.78 is 0. The summed E-state index contributed by atoms with van der Waals surface area (Å²) >= 11 is 0. The van der Waals surface area contributed by atoms with Crippen LogP contribution in [0.1, 0.15) is 26.2 Å². The van der Waals surface area contributed by atoms with Crippen LogP contribution in [-0.2, 0) is 4.79 Å². The van der Waals surface area contributed by atoms with Crippen LogP contribution in [0, 0.1) is 0 Å². The molecule has 0 aromatic heterocycles. The molecule has 13 heavy (non-hydrogen) atoms. The van der Waals surface area contributed by atoms with Gasteiger partial charge in [0.2, 0.25) is 0 Å². The van der Waals surface area contributed by atoms with Crippen molar-refractivity contribution in [2.45, 2.75) is 38.3 Å². The molecule has 0 aromatic carbocycles. The molecule has 1 heterocycles. The third kappa shape index (κ3) is 3.44. The fourth-order valence-electron chi connectivity index (χ4n) is 1.78. The molecule has 1 fully saturated rings. The Morgan fingerprint density at radius 2 is 2.15 bits per heavy atom. The predicted molar refractivity (Wildman–Crippen MR) is 53.8 cm³/mol. The number of ketones is 1. The van der Waals surface area contributed by atoms with Gasteiger partial charge in [0.25, 0.3) is 0 Å². The Labute approximate surface area is 80.5 Å². The zero-order valence-corrected chi connectivity index (χ0v) is 8.84. The highest BCUT2D eigenvalue weighted by Crippen LogP contribution is 2.15. The van der Waals surface area contributed by atoms with Crippen LogP contribution in [0.15, 0.2) is 0 Å². The lowest BCUT2D eigenvalue weighted by Crippen LogP contribution is -2.35. The standard InChI is InChI=1S/C10H20N2O/c1-8(13)10-5-4-9(11-10)6-7-12(2)3/h9-11H,4-7H2,1-3H3. The van der Waals surface area contributed by atoms with Crippen molar-refractivity contribution in [3.8, 4) is 0 Å². The molecular formula is C10H20N2O. The van der Waals surface area contributed by atoms with Crippen molar-refractivity contribution >= 4 is 5.78 Å². The number of hydrogen-bond acceptors (Lipinski definition) is 3. The van der Waals surface area contributed by atoms with Gasteiger partial charge in [-0.2, -0.15) is 0 Å². The maximum atomic E-state index is 11.1. The second-order valence-electron chi connectivity index (χ2n) is 4.20. The third-order valence-corrected chi connectivity index (χ3v) is 2.66. The number of nitrogens with one attached hydrogen (secondary N) is 1. The van der Waals surface area contributed by atoms with Crippen LogP contribution in [0.25, 0.3) is 0 Å². The molecule has 0 aliphatic carbocycles. The molecule has 1 aliphatic rings. The largest absolute Gasteiger partial charge is 0.309 e. The van der Waals surface area contributed by atoms with Crippen LogP contribution in [0.5, 0.6) is 0 Å². The summed E-state index contributed by atoms with van der Waals surface area (Å²) in [6, 6.07) is 0.684. The molecule has 3 heteroatoms. The van der Waals surface area contributed by atoms with Crippen molar-refractivity contribution in [2.75, 3.05) is 20.6 Å². The molecule has 1 aliphatic heterocycles. The van der Waals surface area contributed by atoms with E-state index in [2.05, 4.69) is 24.3 Å². The summed E-state index contributed by atoms with van der Waals surface area (Å²) in [7, 11) is 4.16. The fraction of sp³-hybridized carbons (Fsp3) is 0.900. The van der Waals surface area contributed by atoms with Crippen molar-refractivity contribution in [1.29, 1.82) is 0 Å². The van der Waals surface area contributed by atoms with E-state index in [1.54, 1.807) is 6.92 Å². The smallest absolute Gasteiger partial charge is 0.146 e. The van der Waals surface area contributed by atoms with Crippen molar-refractivity contribution < 1.29 is 4.79 Å². The summed E-state index contributed by atoms with van der Waals surface area (Å²) in [5.41, 5.74) is 0. The van der Waals surface area contributed by atoms with E-state index >= 15 is 0 Å². The van der Waals surface area contributed by atoms with Gasteiger partial charge in [0.15, 0.2) is 0 Å². The van der Waals surface area contributed by atoms with Gasteiger partial charge in [0.1, 0.15) is 5.78 Å². The van der Waals surface area contributed by atoms with Crippen molar-refractivity contribution in [3.63, 3.8) is 0 Å². The fourth-order valence-corrected chi connectivity index (χ4v) is 1.78. The molecule has 1 N–H and O–H groups in total. The number of nitrogens with zero attached hydrogens (tertiary/aromatic N) is 1. The molecule has 3 nitrogen and oxygen atoms in total. The number of hydrogen-bond donors (Lipinski definition) is 1. The molecule has 1 saturated heterocycles. The lowest BCUT2D eigenvalue weighted by Gasteiger charge is -2.15. The van der Waals surface area contributed by atoms with Crippen molar-refractivity contribution in [1.82, 2.24) is 10.2 Å². The summed E-state index contributed by atoms with van der Waals surface area (Å²) in [6.45, 7) is 2.77. The average molecular weight is 184 g/mol. The molecule has 0 aromatic rings. The van der Waals surface area contributed by atoms with Gasteiger partial charge in [-0.3, -0.25) is 4.79 Å². The van der Waals surface area contributed by atoms with Gasteiger partial charge in [-0.25, -0.2) is 0 Å². The van der Waals surface area contributed by atoms with Crippen molar-refractivity contribution in [3.05, 3.63) is 0 Å². The topological polar surface area (TPSA) is 32.3 Å². The normalized spacial score (nSPS) is 28.3. The first-order valence-corrected chi connectivity index (χ1v) is 5.01. The SMILES string of the molecule is CC(=O)C1CCC(CCN(C)C)N1. The second-order valence-corrected chi connectivity index (χ2v) is 4.20. The Morgan fingerprint density at radius 3 is 2.62 bits per heavy atom. The van der Waals surface area contributed by atoms with E-state index in [-0.39, 0.29) is 11.8 Å². The molecule has 0 spiro atoms. The number of carbonyl (C=O) groups is 1. The summed E-state index contributed by atoms with van der Waals surface area (Å²) in [4.78, 5) is 13.2. The van der Waals surface area contributed by atoms with E-state index in [9.17, 15) is 4.79 Å². The Balaban J connectivity index is 2.21. The van der Waals surface area contributed by atoms with E-state index in [0.717, 1.165) is 25.8 Å². The maximum Gasteiger partial charge on any atom is 0.146 e. The van der Waals surface area contributed by atoms with Crippen LogP contribution >= 0.6 is 0 Å². The first kappa shape index (κ1) is 10.7. The minimum atomic E-state index is 0.132. The summed E-state index contributed by atoms with van der Waals surface area (Å²) in [6.07, 6.45) is 3.32. The van der Waals surface area contributed by atoms with Gasteiger partial charge in [-0.15, -0.1) is 0 Å². The summed E-state index contributed by atoms with van der Waals surface area (Å²) in [5.74, 6) is 0.285. The predicted octanol–water partition coefficient (Wildman–Crippen LogP) is 0.648. The zero-order chi connectivity index (χ0) is 9.84. The van der Waals surface area contributed by atoms with Gasteiger partial charge in [-0.1, -0.05) is 0 Å². The molecule has 0 bridgehead atoms. The third-order valence-electron chi connectivity index (χ3n) is 2.66. The highest BCUT2D eigenvalue weighted by molar-refractivity contribution is 5.81. The zero-order valence-electron chi connectivity index (χ0n) is 8.84. The number of Topliss-reactive ketones (excluding diaryl/α,β-unsaturated/α-hetero) is 1. The van der Waals surface area contributed by atoms with Gasteiger partial charge in [0, 0.05) is 6.04 Å². The Hall–Kier alpha value is -0.410. The quantitative estimate of drug-likeness (QED) is 0.696. The first-order chi connectivity index (χ1) is 6.09. The molecule has 0 saturated carbocycles. The van der Waals surface area contributed by atoms with E-state index in [0.29, 0.717) is 6.04 Å². The van der Waals surface area contributed by atoms with E-state index in [1.165, 1.54) is 0 Å². The van der Waals surface area contributed by atoms with Gasteiger partial charge in [-0.05, 0) is 46.8 Å². The molecule has 0 amide bonds. The van der Waals surface area contributed by atoms with Crippen LogP contribution < -0.4 is 5.32 Å². The van der Waals surface area contributed by atoms with E-state index in [4.69, 9.17) is 0 Å². The Kier molecular flexibility index (Phi) is 3.88. The second kappa shape index (κ2) is 4.72. The van der Waals surface area contributed by atoms with Crippen LogP contribution in [0.3, 0.4) is 0 Å². The van der Waals surface area contributed by atoms with Gasteiger partial charge < -0.3 is 10.2 Å². The van der Waals surface area contributed by atoms with Crippen LogP contribution in [-0.4, -0.2) is 43.4 Å². The van der Waals surface area contributed by atoms with E-state index in [1.807, 2.05) is 0 Å². The molecule has 2 atom stereocenters. The average Bonchev–Trinajstić information content (AvgIpc) is 2.48. The highest BCUT2D eigenvalue weighted by Gasteiger charge is 2.25. The number of rotatable bonds is 4. The molecule has 0 radical (unpaired) electrons. The van der Waals surface area contributed by atoms with E-state index < -0.39 is 0 Å². The first-order valence-electron chi connectivity index (χ1n) is 5.01. The Morgan fingerprint density at radius 1 is 1.46 bits per heavy atom. The van der Waals surface area contributed by atoms with Crippen molar-refractivity contribution in [2.24, 2.45) is 0 Å². The molecule has 1 rings (SSSR count). The summed E-state index contributed by atoms with van der Waals surface area (Å²) in [5, 5.41) is 3.37. The van der Waals surface area contributed by atoms with Gasteiger partial charge >= 0.3 is 0 Å². The lowest BCUT2D eigenvalue weighted by atomic mass is 10.1. The minimum absolute atomic E-state index is 0.132. The lowest BCUT2D eigenvalue weighted by molar-refractivity contribution is -0.118. The molecule has 2 unspecified atom stereocenters. The Bertz CT molecular complexity index is 180. The molecule has 76 valence electrons. The minimum Gasteiger partial charge on any atom is -0.309 e. The van der Waals surface area contributed by atoms with Gasteiger partial charge in [0.05, 0.1) is 6.04 Å². The maximum absolute atomic E-state index is 11.1. The monoisotopic (exact) mass is 184 g/mol.